The molecule has 2 nitrogen and oxygen atoms in total. The Morgan fingerprint density at radius 2 is 1.76 bits per heavy atom. The molecular weight excluding hydrogens is 256 g/mol. The maximum absolute atomic E-state index is 6.05. The van der Waals surface area contributed by atoms with Crippen LogP contribution in [-0.2, 0) is 6.54 Å². The van der Waals surface area contributed by atoms with Crippen molar-refractivity contribution in [1.82, 2.24) is 4.90 Å². The predicted molar refractivity (Wildman–Crippen MR) is 90.3 cm³/mol. The van der Waals surface area contributed by atoms with Crippen LogP contribution in [0.3, 0.4) is 0 Å². The molecule has 0 aliphatic heterocycles. The van der Waals surface area contributed by atoms with Crippen molar-refractivity contribution in [2.24, 2.45) is 5.73 Å². The van der Waals surface area contributed by atoms with Gasteiger partial charge in [-0.05, 0) is 31.0 Å². The van der Waals surface area contributed by atoms with Gasteiger partial charge in [0.15, 0.2) is 0 Å². The van der Waals surface area contributed by atoms with E-state index in [0.29, 0.717) is 18.5 Å². The average Bonchev–Trinajstić information content (AvgIpc) is 2.48. The van der Waals surface area contributed by atoms with Gasteiger partial charge in [-0.1, -0.05) is 67.1 Å². The van der Waals surface area contributed by atoms with Gasteiger partial charge in [0.05, 0.1) is 0 Å². The van der Waals surface area contributed by atoms with Crippen molar-refractivity contribution in [3.63, 3.8) is 0 Å². The van der Waals surface area contributed by atoms with Crippen LogP contribution in [0, 0.1) is 6.92 Å². The standard InChI is InChI=1S/C19H26N2/c1-15-8-7-9-17(12-15)14-21(3)19(13-20)16(2)18-10-5-4-6-11-18/h4-12,16,19H,13-14,20H2,1-3H3. The van der Waals surface area contributed by atoms with Gasteiger partial charge in [-0.15, -0.1) is 0 Å². The Morgan fingerprint density at radius 3 is 2.38 bits per heavy atom. The van der Waals surface area contributed by atoms with Crippen LogP contribution in [0.5, 0.6) is 0 Å². The van der Waals surface area contributed by atoms with E-state index in [4.69, 9.17) is 5.73 Å². The Balaban J connectivity index is 2.09. The molecule has 2 aromatic rings. The van der Waals surface area contributed by atoms with Gasteiger partial charge >= 0.3 is 0 Å². The quantitative estimate of drug-likeness (QED) is 0.878. The Labute approximate surface area is 128 Å². The summed E-state index contributed by atoms with van der Waals surface area (Å²) in [6.07, 6.45) is 0. The van der Waals surface area contributed by atoms with Gasteiger partial charge in [-0.25, -0.2) is 0 Å². The largest absolute Gasteiger partial charge is 0.329 e. The molecule has 0 heterocycles. The van der Waals surface area contributed by atoms with E-state index in [-0.39, 0.29) is 0 Å². The lowest BCUT2D eigenvalue weighted by atomic mass is 9.92. The number of rotatable bonds is 6. The summed E-state index contributed by atoms with van der Waals surface area (Å²) in [5, 5.41) is 0. The highest BCUT2D eigenvalue weighted by atomic mass is 15.1. The third-order valence-corrected chi connectivity index (χ3v) is 4.22. The highest BCUT2D eigenvalue weighted by Crippen LogP contribution is 2.23. The number of likely N-dealkylation sites (N-methyl/N-ethyl adjacent to an activating group) is 1. The van der Waals surface area contributed by atoms with Crippen molar-refractivity contribution in [3.05, 3.63) is 71.3 Å². The zero-order valence-electron chi connectivity index (χ0n) is 13.3. The Kier molecular flexibility index (Phi) is 5.54. The first-order chi connectivity index (χ1) is 10.1. The van der Waals surface area contributed by atoms with Crippen LogP contribution in [0.2, 0.25) is 0 Å². The number of aryl methyl sites for hydroxylation is 1. The number of hydrogen-bond donors (Lipinski definition) is 1. The molecule has 0 bridgehead atoms. The van der Waals surface area contributed by atoms with Gasteiger partial charge in [0.1, 0.15) is 0 Å². The molecule has 0 fully saturated rings. The van der Waals surface area contributed by atoms with Crippen LogP contribution in [-0.4, -0.2) is 24.5 Å². The summed E-state index contributed by atoms with van der Waals surface area (Å²) >= 11 is 0. The molecule has 2 N–H and O–H groups in total. The van der Waals surface area contributed by atoms with E-state index in [2.05, 4.69) is 80.4 Å². The van der Waals surface area contributed by atoms with Crippen LogP contribution in [0.25, 0.3) is 0 Å². The third kappa shape index (κ3) is 4.16. The molecule has 0 spiro atoms. The molecule has 21 heavy (non-hydrogen) atoms. The first-order valence-corrected chi connectivity index (χ1v) is 7.62. The molecule has 0 aliphatic rings. The van der Waals surface area contributed by atoms with E-state index in [9.17, 15) is 0 Å². The van der Waals surface area contributed by atoms with Crippen molar-refractivity contribution < 1.29 is 0 Å². The smallest absolute Gasteiger partial charge is 0.0284 e. The van der Waals surface area contributed by atoms with Gasteiger partial charge in [0.25, 0.3) is 0 Å². The van der Waals surface area contributed by atoms with E-state index in [0.717, 1.165) is 6.54 Å². The van der Waals surface area contributed by atoms with Crippen LogP contribution in [0.4, 0.5) is 0 Å². The molecule has 0 radical (unpaired) electrons. The first kappa shape index (κ1) is 15.7. The molecule has 0 saturated heterocycles. The lowest BCUT2D eigenvalue weighted by molar-refractivity contribution is 0.213. The molecule has 0 aromatic heterocycles. The molecule has 2 unspecified atom stereocenters. The summed E-state index contributed by atoms with van der Waals surface area (Å²) in [5.74, 6) is 0.422. The zero-order valence-corrected chi connectivity index (χ0v) is 13.3. The number of nitrogens with zero attached hydrogens (tertiary/aromatic N) is 1. The minimum Gasteiger partial charge on any atom is -0.329 e. The average molecular weight is 282 g/mol. The van der Waals surface area contributed by atoms with Crippen molar-refractivity contribution in [2.45, 2.75) is 32.4 Å². The Hall–Kier alpha value is -1.64. The minimum atomic E-state index is 0.341. The van der Waals surface area contributed by atoms with Gasteiger partial charge in [-0.3, -0.25) is 4.90 Å². The second kappa shape index (κ2) is 7.39. The van der Waals surface area contributed by atoms with Crippen LogP contribution < -0.4 is 5.73 Å². The van der Waals surface area contributed by atoms with E-state index < -0.39 is 0 Å². The first-order valence-electron chi connectivity index (χ1n) is 7.62. The zero-order chi connectivity index (χ0) is 15.2. The van der Waals surface area contributed by atoms with Gasteiger partial charge < -0.3 is 5.73 Å². The second-order valence-electron chi connectivity index (χ2n) is 5.91. The lowest BCUT2D eigenvalue weighted by Crippen LogP contribution is -2.41. The SMILES string of the molecule is Cc1cccc(CN(C)C(CN)C(C)c2ccccc2)c1. The molecule has 2 rings (SSSR count). The minimum absolute atomic E-state index is 0.341. The highest BCUT2D eigenvalue weighted by molar-refractivity contribution is 5.23. The summed E-state index contributed by atoms with van der Waals surface area (Å²) in [6, 6.07) is 19.7. The van der Waals surface area contributed by atoms with Crippen LogP contribution in [0.15, 0.2) is 54.6 Å². The lowest BCUT2D eigenvalue weighted by Gasteiger charge is -2.32. The topological polar surface area (TPSA) is 29.3 Å². The van der Waals surface area contributed by atoms with Crippen LogP contribution >= 0.6 is 0 Å². The predicted octanol–water partition coefficient (Wildman–Crippen LogP) is 3.56. The fraction of sp³-hybridized carbons (Fsp3) is 0.368. The van der Waals surface area contributed by atoms with Gasteiger partial charge in [-0.2, -0.15) is 0 Å². The van der Waals surface area contributed by atoms with Gasteiger partial charge in [0.2, 0.25) is 0 Å². The Morgan fingerprint density at radius 1 is 1.05 bits per heavy atom. The van der Waals surface area contributed by atoms with E-state index >= 15 is 0 Å². The molecule has 0 amide bonds. The number of hydrogen-bond acceptors (Lipinski definition) is 2. The van der Waals surface area contributed by atoms with Crippen molar-refractivity contribution >= 4 is 0 Å². The maximum atomic E-state index is 6.05. The monoisotopic (exact) mass is 282 g/mol. The van der Waals surface area contributed by atoms with E-state index in [1.807, 2.05) is 0 Å². The molecule has 2 aromatic carbocycles. The fourth-order valence-electron chi connectivity index (χ4n) is 2.96. The molecule has 0 saturated carbocycles. The van der Waals surface area contributed by atoms with E-state index in [1.165, 1.54) is 16.7 Å². The molecule has 112 valence electrons. The number of nitrogens with two attached hydrogens (primary N) is 1. The summed E-state index contributed by atoms with van der Waals surface area (Å²) in [7, 11) is 2.17. The normalized spacial score (nSPS) is 14.1. The molecular formula is C19H26N2. The molecule has 2 atom stereocenters. The van der Waals surface area contributed by atoms with E-state index in [1.54, 1.807) is 0 Å². The summed E-state index contributed by atoms with van der Waals surface area (Å²) in [5.41, 5.74) is 10.1. The number of benzene rings is 2. The summed E-state index contributed by atoms with van der Waals surface area (Å²) in [6.45, 7) is 6.00. The third-order valence-electron chi connectivity index (χ3n) is 4.22. The van der Waals surface area contributed by atoms with Crippen molar-refractivity contribution in [3.8, 4) is 0 Å². The van der Waals surface area contributed by atoms with Gasteiger partial charge in [0, 0.05) is 19.1 Å². The fourth-order valence-corrected chi connectivity index (χ4v) is 2.96. The second-order valence-corrected chi connectivity index (χ2v) is 5.91. The van der Waals surface area contributed by atoms with Crippen molar-refractivity contribution in [1.29, 1.82) is 0 Å². The highest BCUT2D eigenvalue weighted by Gasteiger charge is 2.21. The summed E-state index contributed by atoms with van der Waals surface area (Å²) < 4.78 is 0. The molecule has 2 heteroatoms. The Bertz CT molecular complexity index is 551. The maximum Gasteiger partial charge on any atom is 0.0284 e. The van der Waals surface area contributed by atoms with Crippen molar-refractivity contribution in [2.75, 3.05) is 13.6 Å². The summed E-state index contributed by atoms with van der Waals surface area (Å²) in [4.78, 5) is 2.37. The van der Waals surface area contributed by atoms with Crippen LogP contribution in [0.1, 0.15) is 29.5 Å². The molecule has 0 aliphatic carbocycles.